The van der Waals surface area contributed by atoms with Gasteiger partial charge in [-0.25, -0.2) is 9.55 Å². The van der Waals surface area contributed by atoms with E-state index < -0.39 is 12.7 Å². The van der Waals surface area contributed by atoms with Gasteiger partial charge in [-0.1, -0.05) is 0 Å². The molecule has 1 rings (SSSR count). The number of rotatable bonds is 3. The van der Waals surface area contributed by atoms with Gasteiger partial charge in [0.1, 0.15) is 12.7 Å². The summed E-state index contributed by atoms with van der Waals surface area (Å²) >= 11 is 0. The van der Waals surface area contributed by atoms with E-state index in [1.54, 1.807) is 6.92 Å². The maximum Gasteiger partial charge on any atom is 4.00 e. The van der Waals surface area contributed by atoms with Crippen LogP contribution in [-0.2, 0) is 11.1 Å². The van der Waals surface area contributed by atoms with Crippen molar-refractivity contribution in [3.8, 4) is 0 Å². The number of hydrogen-bond donors (Lipinski definition) is 1. The molecule has 0 spiro atoms. The molecule has 12 heteroatoms. The largest absolute Gasteiger partial charge is 4.00 e. The Balaban J connectivity index is 0. The average molecular weight is 473 g/mol. The van der Waals surface area contributed by atoms with Crippen LogP contribution in [-0.4, -0.2) is 53.5 Å². The fourth-order valence-corrected chi connectivity index (χ4v) is 0.978. The molecule has 0 fully saturated rings. The Morgan fingerprint density at radius 2 is 1.94 bits per heavy atom. The molecule has 0 amide bonds. The summed E-state index contributed by atoms with van der Waals surface area (Å²) in [6.45, 7) is 1.74. The molecular weight excluding hydrogens is 464 g/mol. The molecule has 0 bridgehead atoms. The number of nitro groups is 1. The minimum atomic E-state index is -5.39. The molecule has 98 valence electrons. The van der Waals surface area contributed by atoms with E-state index in [2.05, 4.69) is 4.98 Å². The van der Waals surface area contributed by atoms with Crippen LogP contribution in [0.4, 0.5) is 5.82 Å². The van der Waals surface area contributed by atoms with Gasteiger partial charge >= 0.3 is 33.1 Å². The van der Waals surface area contributed by atoms with Gasteiger partial charge in [0.25, 0.3) is 0 Å². The Morgan fingerprint density at radius 1 is 1.50 bits per heavy atom. The van der Waals surface area contributed by atoms with Gasteiger partial charge in [0, 0.05) is 6.92 Å². The molecule has 10 nitrogen and oxygen atoms in total. The molecule has 0 aliphatic rings. The van der Waals surface area contributed by atoms with E-state index in [-0.39, 0.29) is 46.3 Å². The van der Waals surface area contributed by atoms with E-state index in [0.717, 1.165) is 0 Å². The standard InChI is InChI=1S/C6H9N3O3.H3O4P.Pb/c1-5-7-4-6(9(11)12)8(5)2-3-10;1-5(2,3)4;/h4,10H,2-3H2,1H3;(H3,1,2,3,4);/q;;+4/p-3. The fourth-order valence-electron chi connectivity index (χ4n) is 0.978. The van der Waals surface area contributed by atoms with Crippen LogP contribution < -0.4 is 14.7 Å². The van der Waals surface area contributed by atoms with Gasteiger partial charge in [0.2, 0.25) is 0 Å². The normalized spacial score (nSPS) is 10.1. The minimum Gasteiger partial charge on any atom is -0.822 e. The van der Waals surface area contributed by atoms with Gasteiger partial charge in [-0.3, -0.25) is 0 Å². The Labute approximate surface area is 122 Å². The smallest absolute Gasteiger partial charge is 0.822 e. The SMILES string of the molecule is Cc1ncc([N+](=O)[O-])n1CCO.O=P([O-])([O-])[O-].[Pb+4]. The molecule has 0 saturated carbocycles. The summed E-state index contributed by atoms with van der Waals surface area (Å²) < 4.78 is 9.91. The van der Waals surface area contributed by atoms with Crippen molar-refractivity contribution >= 4 is 40.9 Å². The third-order valence-corrected chi connectivity index (χ3v) is 1.54. The second-order valence-corrected chi connectivity index (χ2v) is 3.64. The van der Waals surface area contributed by atoms with Crippen molar-refractivity contribution in [2.24, 2.45) is 0 Å². The van der Waals surface area contributed by atoms with E-state index in [4.69, 9.17) is 24.4 Å². The predicted octanol–water partition coefficient (Wildman–Crippen LogP) is -3.11. The van der Waals surface area contributed by atoms with Gasteiger partial charge in [0.05, 0.1) is 6.61 Å². The van der Waals surface area contributed by atoms with E-state index in [1.807, 2.05) is 0 Å². The van der Waals surface area contributed by atoms with Gasteiger partial charge < -0.3 is 34.5 Å². The molecule has 1 aromatic rings. The van der Waals surface area contributed by atoms with Crippen LogP contribution in [0.15, 0.2) is 6.20 Å². The van der Waals surface area contributed by atoms with Crippen LogP contribution in [0.3, 0.4) is 0 Å². The van der Waals surface area contributed by atoms with Crippen molar-refractivity contribution in [1.82, 2.24) is 9.55 Å². The molecule has 1 aromatic heterocycles. The van der Waals surface area contributed by atoms with Crippen molar-refractivity contribution in [1.29, 1.82) is 0 Å². The Bertz CT molecular complexity index is 423. The summed E-state index contributed by atoms with van der Waals surface area (Å²) in [5.74, 6) is 0.456. The summed E-state index contributed by atoms with van der Waals surface area (Å²) in [6, 6.07) is 0. The van der Waals surface area contributed by atoms with E-state index in [1.165, 1.54) is 10.8 Å². The van der Waals surface area contributed by atoms with Gasteiger partial charge in [-0.05, 0) is 4.92 Å². The van der Waals surface area contributed by atoms with E-state index >= 15 is 0 Å². The molecule has 0 atom stereocenters. The van der Waals surface area contributed by atoms with Crippen LogP contribution in [0.25, 0.3) is 0 Å². The zero-order chi connectivity index (χ0) is 13.6. The molecule has 1 N–H and O–H groups in total. The van der Waals surface area contributed by atoms with Crippen LogP contribution >= 0.6 is 7.82 Å². The Hall–Kier alpha value is -0.398. The summed E-state index contributed by atoms with van der Waals surface area (Å²) in [7, 11) is -5.39. The first kappa shape index (κ1) is 19.9. The first-order chi connectivity index (χ1) is 7.66. The number of aromatic nitrogens is 2. The van der Waals surface area contributed by atoms with Gasteiger partial charge in [-0.2, -0.15) is 7.82 Å². The number of aliphatic hydroxyl groups is 1. The van der Waals surface area contributed by atoms with Crippen molar-refractivity contribution in [3.05, 3.63) is 22.1 Å². The van der Waals surface area contributed by atoms with Crippen molar-refractivity contribution in [3.63, 3.8) is 0 Å². The summed E-state index contributed by atoms with van der Waals surface area (Å²) in [5.41, 5.74) is 0. The maximum absolute atomic E-state index is 10.4. The number of nitrogens with zero attached hydrogens (tertiary/aromatic N) is 3. The van der Waals surface area contributed by atoms with Crippen LogP contribution in [0, 0.1) is 17.0 Å². The molecular formula is C6H9N3O7PPb+. The fraction of sp³-hybridized carbons (Fsp3) is 0.500. The van der Waals surface area contributed by atoms with E-state index in [0.29, 0.717) is 5.82 Å². The average Bonchev–Trinajstić information content (AvgIpc) is 2.46. The topological polar surface area (TPSA) is 167 Å². The van der Waals surface area contributed by atoms with Crippen LogP contribution in [0.2, 0.25) is 0 Å². The first-order valence-corrected chi connectivity index (χ1v) is 5.63. The zero-order valence-electron chi connectivity index (χ0n) is 9.18. The zero-order valence-corrected chi connectivity index (χ0v) is 14.0. The molecule has 18 heavy (non-hydrogen) atoms. The number of imidazole rings is 1. The van der Waals surface area contributed by atoms with Crippen LogP contribution in [0.5, 0.6) is 0 Å². The van der Waals surface area contributed by atoms with E-state index in [9.17, 15) is 10.1 Å². The maximum atomic E-state index is 10.4. The molecule has 0 aliphatic carbocycles. The monoisotopic (exact) mass is 474 g/mol. The quantitative estimate of drug-likeness (QED) is 0.208. The molecule has 0 unspecified atom stereocenters. The summed E-state index contributed by atoms with van der Waals surface area (Å²) in [5, 5.41) is 19.0. The minimum absolute atomic E-state index is 0. The number of phosphoric acid groups is 1. The van der Waals surface area contributed by atoms with Crippen molar-refractivity contribution < 1.29 is 29.3 Å². The summed E-state index contributed by atoms with van der Waals surface area (Å²) in [4.78, 5) is 39.3. The molecule has 0 aliphatic heterocycles. The molecule has 0 aromatic carbocycles. The van der Waals surface area contributed by atoms with Gasteiger partial charge in [-0.15, -0.1) is 0 Å². The third kappa shape index (κ3) is 8.66. The Morgan fingerprint density at radius 3 is 2.28 bits per heavy atom. The summed E-state index contributed by atoms with van der Waals surface area (Å²) in [6.07, 6.45) is 1.19. The number of aliphatic hydroxyl groups excluding tert-OH is 1. The third-order valence-electron chi connectivity index (χ3n) is 1.54. The second-order valence-electron chi connectivity index (χ2n) is 2.74. The Kier molecular flexibility index (Phi) is 9.59. The first-order valence-electron chi connectivity index (χ1n) is 4.17. The van der Waals surface area contributed by atoms with Crippen LogP contribution in [0.1, 0.15) is 5.82 Å². The molecule has 1 heterocycles. The second kappa shape index (κ2) is 8.66. The number of hydrogen-bond acceptors (Lipinski definition) is 8. The number of aryl methyl sites for hydroxylation is 1. The van der Waals surface area contributed by atoms with Crippen molar-refractivity contribution in [2.45, 2.75) is 13.5 Å². The molecule has 0 radical (unpaired) electrons. The van der Waals surface area contributed by atoms with Gasteiger partial charge in [0.15, 0.2) is 5.82 Å². The molecule has 0 saturated heterocycles. The predicted molar refractivity (Wildman–Crippen MR) is 54.1 cm³/mol. The van der Waals surface area contributed by atoms with Crippen molar-refractivity contribution in [2.75, 3.05) is 6.61 Å².